The lowest BCUT2D eigenvalue weighted by Gasteiger charge is -2.09. The minimum absolute atomic E-state index is 0.351. The van der Waals surface area contributed by atoms with Crippen molar-refractivity contribution in [3.8, 4) is 5.75 Å². The van der Waals surface area contributed by atoms with E-state index in [1.54, 1.807) is 7.11 Å². The van der Waals surface area contributed by atoms with Crippen molar-refractivity contribution in [3.63, 3.8) is 0 Å². The molecule has 5 heteroatoms. The van der Waals surface area contributed by atoms with Gasteiger partial charge in [-0.1, -0.05) is 35.5 Å². The number of hydrogen-bond donors (Lipinski definition) is 0. The predicted molar refractivity (Wildman–Crippen MR) is 83.2 cm³/mol. The summed E-state index contributed by atoms with van der Waals surface area (Å²) in [6.45, 7) is 0.761. The van der Waals surface area contributed by atoms with Crippen LogP contribution < -0.4 is 4.74 Å². The van der Waals surface area contributed by atoms with E-state index in [2.05, 4.69) is 33.2 Å². The topological polar surface area (TPSA) is 44.5 Å². The fourth-order valence-electron chi connectivity index (χ4n) is 2.11. The summed E-state index contributed by atoms with van der Waals surface area (Å²) in [4.78, 5) is 0. The van der Waals surface area contributed by atoms with Gasteiger partial charge in [0.2, 0.25) is 0 Å². The van der Waals surface area contributed by atoms with E-state index in [1.807, 2.05) is 30.3 Å². The van der Waals surface area contributed by atoms with Gasteiger partial charge in [-0.25, -0.2) is 0 Å². The Bertz CT molecular complexity index is 754. The number of nitrogens with zero attached hydrogens (tertiary/aromatic N) is 1. The first kappa shape index (κ1) is 14.1. The van der Waals surface area contributed by atoms with Crippen molar-refractivity contribution in [3.05, 3.63) is 58.4 Å². The second kappa shape index (κ2) is 6.28. The number of methoxy groups -OCH3 is 1. The molecule has 3 aromatic rings. The van der Waals surface area contributed by atoms with Gasteiger partial charge < -0.3 is 14.0 Å². The van der Waals surface area contributed by atoms with Crippen molar-refractivity contribution in [2.24, 2.45) is 0 Å². The number of rotatable bonds is 5. The highest BCUT2D eigenvalue weighted by molar-refractivity contribution is 9.10. The third kappa shape index (κ3) is 3.09. The summed E-state index contributed by atoms with van der Waals surface area (Å²) in [5.41, 5.74) is 0.738. The van der Waals surface area contributed by atoms with E-state index < -0.39 is 0 Å². The van der Waals surface area contributed by atoms with Crippen molar-refractivity contribution in [1.82, 2.24) is 5.16 Å². The van der Waals surface area contributed by atoms with Gasteiger partial charge in [-0.3, -0.25) is 0 Å². The molecule has 0 aliphatic heterocycles. The third-order valence-electron chi connectivity index (χ3n) is 3.10. The lowest BCUT2D eigenvalue weighted by atomic mass is 10.1. The van der Waals surface area contributed by atoms with Crippen molar-refractivity contribution < 1.29 is 14.0 Å². The van der Waals surface area contributed by atoms with Gasteiger partial charge >= 0.3 is 0 Å². The first-order valence-electron chi connectivity index (χ1n) is 6.51. The molecule has 0 saturated heterocycles. The maximum Gasteiger partial charge on any atom is 0.162 e. The van der Waals surface area contributed by atoms with Crippen LogP contribution in [0.15, 0.2) is 51.5 Å². The normalized spacial score (nSPS) is 11.0. The molecule has 1 aromatic heterocycles. The zero-order valence-corrected chi connectivity index (χ0v) is 13.1. The third-order valence-corrected chi connectivity index (χ3v) is 3.92. The summed E-state index contributed by atoms with van der Waals surface area (Å²) < 4.78 is 16.9. The largest absolute Gasteiger partial charge is 0.486 e. The molecule has 1 heterocycles. The van der Waals surface area contributed by atoms with Crippen LogP contribution in [-0.4, -0.2) is 12.3 Å². The number of fused-ring (bicyclic) bond motifs is 1. The van der Waals surface area contributed by atoms with Crippen molar-refractivity contribution >= 4 is 26.7 Å². The molecule has 0 saturated carbocycles. The van der Waals surface area contributed by atoms with Gasteiger partial charge in [-0.05, 0) is 32.8 Å². The van der Waals surface area contributed by atoms with Gasteiger partial charge in [0.05, 0.1) is 4.47 Å². The van der Waals surface area contributed by atoms with Gasteiger partial charge in [-0.15, -0.1) is 0 Å². The maximum atomic E-state index is 5.81. The Hall–Kier alpha value is -1.85. The first-order chi connectivity index (χ1) is 10.3. The SMILES string of the molecule is COCc1cc(COc2ccc3ccccc3c2Br)no1. The van der Waals surface area contributed by atoms with Crippen molar-refractivity contribution in [2.45, 2.75) is 13.2 Å². The molecule has 3 rings (SSSR count). The molecule has 0 aliphatic rings. The highest BCUT2D eigenvalue weighted by Gasteiger charge is 2.08. The zero-order valence-electron chi connectivity index (χ0n) is 11.5. The molecular formula is C16H14BrNO3. The van der Waals surface area contributed by atoms with Crippen LogP contribution in [0.1, 0.15) is 11.5 Å². The van der Waals surface area contributed by atoms with E-state index in [0.717, 1.165) is 21.3 Å². The van der Waals surface area contributed by atoms with Crippen LogP contribution in [-0.2, 0) is 18.0 Å². The second-order valence-electron chi connectivity index (χ2n) is 4.61. The number of hydrogen-bond acceptors (Lipinski definition) is 4. The van der Waals surface area contributed by atoms with Crippen LogP contribution in [0, 0.1) is 0 Å². The molecule has 0 spiro atoms. The molecule has 0 fully saturated rings. The quantitative estimate of drug-likeness (QED) is 0.689. The Morgan fingerprint density at radius 2 is 2.00 bits per heavy atom. The summed E-state index contributed by atoms with van der Waals surface area (Å²) in [6, 6.07) is 14.0. The van der Waals surface area contributed by atoms with Crippen LogP contribution in [0.5, 0.6) is 5.75 Å². The molecule has 4 nitrogen and oxygen atoms in total. The van der Waals surface area contributed by atoms with Crippen molar-refractivity contribution in [2.75, 3.05) is 7.11 Å². The summed E-state index contributed by atoms with van der Waals surface area (Å²) in [5.74, 6) is 1.47. The molecular weight excluding hydrogens is 334 g/mol. The Labute approximate surface area is 130 Å². The average molecular weight is 348 g/mol. The highest BCUT2D eigenvalue weighted by atomic mass is 79.9. The Kier molecular flexibility index (Phi) is 4.22. The van der Waals surface area contributed by atoms with E-state index in [9.17, 15) is 0 Å². The molecule has 0 N–H and O–H groups in total. The average Bonchev–Trinajstić information content (AvgIpc) is 2.95. The Balaban J connectivity index is 1.76. The summed E-state index contributed by atoms with van der Waals surface area (Å²) >= 11 is 3.60. The van der Waals surface area contributed by atoms with Gasteiger partial charge in [0.25, 0.3) is 0 Å². The molecule has 2 aromatic carbocycles. The van der Waals surface area contributed by atoms with Crippen LogP contribution in [0.3, 0.4) is 0 Å². The van der Waals surface area contributed by atoms with Gasteiger partial charge in [0, 0.05) is 13.2 Å². The van der Waals surface area contributed by atoms with E-state index in [4.69, 9.17) is 14.0 Å². The molecule has 0 aliphatic carbocycles. The zero-order chi connectivity index (χ0) is 14.7. The van der Waals surface area contributed by atoms with E-state index in [0.29, 0.717) is 19.0 Å². The molecule has 0 radical (unpaired) electrons. The monoisotopic (exact) mass is 347 g/mol. The molecule has 108 valence electrons. The molecule has 0 bridgehead atoms. The Morgan fingerprint density at radius 1 is 1.14 bits per heavy atom. The second-order valence-corrected chi connectivity index (χ2v) is 5.40. The van der Waals surface area contributed by atoms with Crippen molar-refractivity contribution in [1.29, 1.82) is 0 Å². The molecule has 21 heavy (non-hydrogen) atoms. The molecule has 0 atom stereocenters. The minimum Gasteiger partial charge on any atom is -0.486 e. The van der Waals surface area contributed by atoms with E-state index >= 15 is 0 Å². The van der Waals surface area contributed by atoms with Gasteiger partial charge in [0.1, 0.15) is 24.7 Å². The number of benzene rings is 2. The maximum absolute atomic E-state index is 5.81. The van der Waals surface area contributed by atoms with E-state index in [-0.39, 0.29) is 0 Å². The summed E-state index contributed by atoms with van der Waals surface area (Å²) in [5, 5.41) is 6.23. The number of halogens is 1. The van der Waals surface area contributed by atoms with Gasteiger partial charge in [-0.2, -0.15) is 0 Å². The van der Waals surface area contributed by atoms with Crippen LogP contribution in [0.4, 0.5) is 0 Å². The fourth-order valence-corrected chi connectivity index (χ4v) is 2.72. The first-order valence-corrected chi connectivity index (χ1v) is 7.30. The van der Waals surface area contributed by atoms with E-state index in [1.165, 1.54) is 5.39 Å². The fraction of sp³-hybridized carbons (Fsp3) is 0.188. The smallest absolute Gasteiger partial charge is 0.162 e. The molecule has 0 unspecified atom stereocenters. The minimum atomic E-state index is 0.351. The number of ether oxygens (including phenoxy) is 2. The lowest BCUT2D eigenvalue weighted by molar-refractivity contribution is 0.155. The summed E-state index contributed by atoms with van der Waals surface area (Å²) in [7, 11) is 1.62. The standard InChI is InChI=1S/C16H14BrNO3/c1-19-10-13-8-12(18-21-13)9-20-15-7-6-11-4-2-3-5-14(11)16(15)17/h2-8H,9-10H2,1H3. The Morgan fingerprint density at radius 3 is 2.86 bits per heavy atom. The molecule has 0 amide bonds. The highest BCUT2D eigenvalue weighted by Crippen LogP contribution is 2.33. The van der Waals surface area contributed by atoms with Crippen LogP contribution in [0.2, 0.25) is 0 Å². The summed E-state index contributed by atoms with van der Waals surface area (Å²) in [6.07, 6.45) is 0. The predicted octanol–water partition coefficient (Wildman–Crippen LogP) is 4.32. The lowest BCUT2D eigenvalue weighted by Crippen LogP contribution is -1.96. The van der Waals surface area contributed by atoms with Gasteiger partial charge in [0.15, 0.2) is 5.76 Å². The van der Waals surface area contributed by atoms with Crippen LogP contribution >= 0.6 is 15.9 Å². The number of aromatic nitrogens is 1. The van der Waals surface area contributed by atoms with Crippen LogP contribution in [0.25, 0.3) is 10.8 Å².